The molecular weight excluding hydrogens is 619 g/mol. The zero-order valence-corrected chi connectivity index (χ0v) is 32.0. The third-order valence-electron chi connectivity index (χ3n) is 16.3. The molecule has 268 valence electrons. The highest BCUT2D eigenvalue weighted by molar-refractivity contribution is 5.64. The molecule has 2 saturated carbocycles. The molecule has 3 fully saturated rings. The van der Waals surface area contributed by atoms with Crippen molar-refractivity contribution < 1.29 is 0 Å². The summed E-state index contributed by atoms with van der Waals surface area (Å²) in [6, 6.07) is 0. The Morgan fingerprint density at radius 3 is 2.29 bits per heavy atom. The van der Waals surface area contributed by atoms with E-state index in [1.807, 2.05) is 0 Å². The monoisotopic (exact) mass is 679 g/mol. The molecule has 3 heteroatoms. The van der Waals surface area contributed by atoms with E-state index < -0.39 is 0 Å². The molecule has 1 saturated heterocycles. The first-order valence-corrected chi connectivity index (χ1v) is 20.8. The van der Waals surface area contributed by atoms with Crippen LogP contribution in [-0.4, -0.2) is 18.5 Å². The second-order valence-electron chi connectivity index (χ2n) is 19.7. The minimum Gasteiger partial charge on any atom is -0.285 e. The predicted molar refractivity (Wildman–Crippen MR) is 211 cm³/mol. The predicted octanol–water partition coefficient (Wildman–Crippen LogP) is 10.0. The van der Waals surface area contributed by atoms with Gasteiger partial charge in [0.15, 0.2) is 0 Å². The van der Waals surface area contributed by atoms with Crippen LogP contribution in [0.5, 0.6) is 0 Å². The van der Waals surface area contributed by atoms with Crippen LogP contribution in [0.2, 0.25) is 0 Å². The average molecular weight is 680 g/mol. The summed E-state index contributed by atoms with van der Waals surface area (Å²) < 4.78 is 0. The van der Waals surface area contributed by atoms with Crippen LogP contribution in [-0.2, 0) is 0 Å². The molecule has 10 rings (SSSR count). The quantitative estimate of drug-likeness (QED) is 0.260. The molecule has 0 bridgehead atoms. The van der Waals surface area contributed by atoms with Gasteiger partial charge >= 0.3 is 0 Å². The van der Waals surface area contributed by atoms with E-state index in [9.17, 15) is 0 Å². The van der Waals surface area contributed by atoms with Crippen LogP contribution in [0.4, 0.5) is 0 Å². The van der Waals surface area contributed by atoms with E-state index in [2.05, 4.69) is 143 Å². The van der Waals surface area contributed by atoms with Gasteiger partial charge in [-0.25, -0.2) is 0 Å². The van der Waals surface area contributed by atoms with Crippen molar-refractivity contribution in [3.8, 4) is 0 Å². The van der Waals surface area contributed by atoms with Crippen molar-refractivity contribution in [3.63, 3.8) is 0 Å². The maximum Gasteiger partial charge on any atom is 0.0856 e. The molecule has 0 aromatic carbocycles. The normalized spacial score (nSPS) is 44.7. The molecule has 10 aliphatic rings. The number of allylic oxidation sites excluding steroid dienone is 16. The molecule has 3 N–H and O–H groups in total. The summed E-state index contributed by atoms with van der Waals surface area (Å²) in [6.07, 6.45) is 44.2. The van der Waals surface area contributed by atoms with E-state index in [1.54, 1.807) is 16.7 Å². The number of nitrogens with one attached hydrogen (secondary N) is 3. The fraction of sp³-hybridized carbons (Fsp3) is 0.583. The fourth-order valence-corrected chi connectivity index (χ4v) is 13.5. The summed E-state index contributed by atoms with van der Waals surface area (Å²) in [6.45, 7) is 15.2. The molecule has 0 spiro atoms. The van der Waals surface area contributed by atoms with Crippen molar-refractivity contribution >= 4 is 0 Å². The van der Waals surface area contributed by atoms with Gasteiger partial charge in [0.1, 0.15) is 0 Å². The van der Waals surface area contributed by atoms with Gasteiger partial charge in [0, 0.05) is 17.3 Å². The van der Waals surface area contributed by atoms with Crippen molar-refractivity contribution in [2.24, 2.45) is 69.5 Å². The molecule has 0 aromatic heterocycles. The molecule has 1 aliphatic heterocycles. The molecule has 12 unspecified atom stereocenters. The minimum atomic E-state index is 0.128. The van der Waals surface area contributed by atoms with Gasteiger partial charge in [-0.3, -0.25) is 16.0 Å². The lowest BCUT2D eigenvalue weighted by Crippen LogP contribution is -2.71. The minimum absolute atomic E-state index is 0.128. The van der Waals surface area contributed by atoms with Crippen LogP contribution in [0.3, 0.4) is 0 Å². The molecule has 0 radical (unpaired) electrons. The molecule has 0 aromatic rings. The Bertz CT molecular complexity index is 1810. The standard InChI is InChI=1S/C48H61N3/c1-46(2)37-16-10-7-13-31(37)34-22-19-28(25-40(34)46)43-49-44(29-20-23-35-32-14-8-11-17-38(32)47(3,4)41(35)26-29)51-45(50-43)30-21-24-36-33-15-9-12-18-39(33)48(5,6)42(36)27-30/h7-10,13-16,20-21,23-26,28,30-32,34-35,37-38,41,43-45,49-51H,11-12,17-19,22,27H2,1-6H3. The van der Waals surface area contributed by atoms with Crippen LogP contribution in [0.15, 0.2) is 119 Å². The van der Waals surface area contributed by atoms with Crippen LogP contribution >= 0.6 is 0 Å². The Labute approximate surface area is 308 Å². The smallest absolute Gasteiger partial charge is 0.0856 e. The molecule has 3 nitrogen and oxygen atoms in total. The molecule has 12 atom stereocenters. The van der Waals surface area contributed by atoms with Gasteiger partial charge in [0.2, 0.25) is 0 Å². The van der Waals surface area contributed by atoms with Crippen molar-refractivity contribution in [2.45, 2.75) is 105 Å². The van der Waals surface area contributed by atoms with E-state index in [0.717, 1.165) is 12.3 Å². The van der Waals surface area contributed by atoms with Gasteiger partial charge in [-0.05, 0) is 114 Å². The van der Waals surface area contributed by atoms with Crippen molar-refractivity contribution in [1.29, 1.82) is 0 Å². The average Bonchev–Trinajstić information content (AvgIpc) is 3.64. The van der Waals surface area contributed by atoms with Crippen LogP contribution in [0.25, 0.3) is 0 Å². The van der Waals surface area contributed by atoms with Crippen molar-refractivity contribution in [3.05, 3.63) is 119 Å². The highest BCUT2D eigenvalue weighted by Crippen LogP contribution is 2.61. The van der Waals surface area contributed by atoms with Gasteiger partial charge < -0.3 is 0 Å². The van der Waals surface area contributed by atoms with Gasteiger partial charge in [-0.15, -0.1) is 0 Å². The van der Waals surface area contributed by atoms with E-state index in [4.69, 9.17) is 0 Å². The second-order valence-corrected chi connectivity index (χ2v) is 19.7. The SMILES string of the molecule is CC1(C)C2=C(C=CCC2)C2=C1CC(C1NC(C3=CC4C(C=C3)C3C=CCCC3C4(C)C)NC(C3C=C4C(CC3)C3C=CC=CC3C4(C)C)N1)C=C2. The Kier molecular flexibility index (Phi) is 7.51. The maximum absolute atomic E-state index is 4.25. The van der Waals surface area contributed by atoms with Crippen LogP contribution in [0.1, 0.15) is 86.5 Å². The molecule has 9 aliphatic carbocycles. The molecular formula is C48H61N3. The zero-order valence-electron chi connectivity index (χ0n) is 32.0. The second kappa shape index (κ2) is 11.6. The number of rotatable bonds is 3. The highest BCUT2D eigenvalue weighted by atomic mass is 15.4. The summed E-state index contributed by atoms with van der Waals surface area (Å²) in [4.78, 5) is 0. The Hall–Kier alpha value is -2.72. The Morgan fingerprint density at radius 1 is 0.627 bits per heavy atom. The summed E-state index contributed by atoms with van der Waals surface area (Å²) in [5.74, 6) is 5.50. The van der Waals surface area contributed by atoms with E-state index in [1.165, 1.54) is 55.2 Å². The highest BCUT2D eigenvalue weighted by Gasteiger charge is 2.55. The molecule has 51 heavy (non-hydrogen) atoms. The number of fused-ring (bicyclic) bond motifs is 7. The Morgan fingerprint density at radius 2 is 1.43 bits per heavy atom. The summed E-state index contributed by atoms with van der Waals surface area (Å²) in [5, 5.41) is 12.7. The first-order valence-electron chi connectivity index (χ1n) is 20.8. The first kappa shape index (κ1) is 32.9. The number of hydrogen-bond acceptors (Lipinski definition) is 3. The molecule has 0 amide bonds. The van der Waals surface area contributed by atoms with Crippen LogP contribution in [0, 0.1) is 69.5 Å². The first-order chi connectivity index (χ1) is 24.5. The maximum atomic E-state index is 4.25. The van der Waals surface area contributed by atoms with E-state index in [0.29, 0.717) is 52.8 Å². The summed E-state index contributed by atoms with van der Waals surface area (Å²) >= 11 is 0. The van der Waals surface area contributed by atoms with Crippen molar-refractivity contribution in [2.75, 3.05) is 0 Å². The van der Waals surface area contributed by atoms with E-state index >= 15 is 0 Å². The van der Waals surface area contributed by atoms with Crippen LogP contribution < -0.4 is 16.0 Å². The van der Waals surface area contributed by atoms with Gasteiger partial charge in [-0.1, -0.05) is 143 Å². The van der Waals surface area contributed by atoms with Gasteiger partial charge in [-0.2, -0.15) is 0 Å². The number of hydrogen-bond donors (Lipinski definition) is 3. The summed E-state index contributed by atoms with van der Waals surface area (Å²) in [7, 11) is 0. The summed E-state index contributed by atoms with van der Waals surface area (Å²) in [5.41, 5.74) is 10.2. The molecule has 1 heterocycles. The lowest BCUT2D eigenvalue weighted by molar-refractivity contribution is 0.145. The van der Waals surface area contributed by atoms with Crippen molar-refractivity contribution in [1.82, 2.24) is 16.0 Å². The lowest BCUT2D eigenvalue weighted by atomic mass is 9.70. The zero-order chi connectivity index (χ0) is 34.9. The third kappa shape index (κ3) is 4.86. The fourth-order valence-electron chi connectivity index (χ4n) is 13.5. The topological polar surface area (TPSA) is 36.1 Å². The van der Waals surface area contributed by atoms with Gasteiger partial charge in [0.25, 0.3) is 0 Å². The van der Waals surface area contributed by atoms with Gasteiger partial charge in [0.05, 0.1) is 18.5 Å². The largest absolute Gasteiger partial charge is 0.285 e. The lowest BCUT2D eigenvalue weighted by Gasteiger charge is -2.47. The third-order valence-corrected chi connectivity index (χ3v) is 16.3. The Balaban J connectivity index is 0.975. The van der Waals surface area contributed by atoms with E-state index in [-0.39, 0.29) is 29.3 Å².